The van der Waals surface area contributed by atoms with E-state index < -0.39 is 29.9 Å². The van der Waals surface area contributed by atoms with Gasteiger partial charge in [-0.25, -0.2) is 4.79 Å². The van der Waals surface area contributed by atoms with Crippen molar-refractivity contribution in [3.8, 4) is 17.6 Å². The molecule has 1 fully saturated rings. The Morgan fingerprint density at radius 3 is 1.95 bits per heavy atom. The third-order valence-electron chi connectivity index (χ3n) is 6.26. The van der Waals surface area contributed by atoms with Crippen LogP contribution in [-0.4, -0.2) is 50.1 Å². The minimum absolute atomic E-state index is 0.0996. The lowest BCUT2D eigenvalue weighted by Gasteiger charge is -2.29. The fourth-order valence-corrected chi connectivity index (χ4v) is 4.35. The van der Waals surface area contributed by atoms with Gasteiger partial charge in [0.2, 0.25) is 5.91 Å². The number of carbonyl (C=O) groups excluding carboxylic acids is 3. The molecule has 0 radical (unpaired) electrons. The summed E-state index contributed by atoms with van der Waals surface area (Å²) in [5, 5.41) is 11.9. The number of hydrogen-bond acceptors (Lipinski definition) is 6. The molecule has 1 heterocycles. The number of anilines is 1. The van der Waals surface area contributed by atoms with E-state index in [0.717, 1.165) is 4.90 Å². The zero-order valence-electron chi connectivity index (χ0n) is 20.5. The van der Waals surface area contributed by atoms with Crippen molar-refractivity contribution in [2.24, 2.45) is 0 Å². The lowest BCUT2D eigenvalue weighted by Crippen LogP contribution is -2.46. The highest BCUT2D eigenvalue weighted by atomic mass is 16.5. The maximum absolute atomic E-state index is 14.0. The Morgan fingerprint density at radius 2 is 1.46 bits per heavy atom. The number of amides is 4. The summed E-state index contributed by atoms with van der Waals surface area (Å²) in [4.78, 5) is 42.9. The number of ether oxygens (including phenoxy) is 2. The lowest BCUT2D eigenvalue weighted by atomic mass is 9.82. The van der Waals surface area contributed by atoms with E-state index in [9.17, 15) is 14.4 Å². The van der Waals surface area contributed by atoms with Crippen LogP contribution in [0.25, 0.3) is 0 Å². The van der Waals surface area contributed by atoms with Gasteiger partial charge >= 0.3 is 6.03 Å². The summed E-state index contributed by atoms with van der Waals surface area (Å²) >= 11 is 0. The first-order chi connectivity index (χ1) is 17.9. The molecule has 0 bridgehead atoms. The topological polar surface area (TPSA) is 112 Å². The lowest BCUT2D eigenvalue weighted by molar-refractivity contribution is -0.133. The molecule has 0 saturated carbocycles. The molecule has 9 nitrogen and oxygen atoms in total. The summed E-state index contributed by atoms with van der Waals surface area (Å²) < 4.78 is 10.5. The van der Waals surface area contributed by atoms with Gasteiger partial charge < -0.3 is 19.7 Å². The van der Waals surface area contributed by atoms with Gasteiger partial charge in [0.15, 0.2) is 5.54 Å². The average Bonchev–Trinajstić information content (AvgIpc) is 3.19. The van der Waals surface area contributed by atoms with Crippen LogP contribution in [0, 0.1) is 11.3 Å². The minimum atomic E-state index is -1.56. The number of nitrogens with one attached hydrogen (secondary N) is 1. The third-order valence-corrected chi connectivity index (χ3v) is 6.26. The molecule has 0 spiro atoms. The van der Waals surface area contributed by atoms with E-state index in [1.807, 2.05) is 12.1 Å². The molecule has 37 heavy (non-hydrogen) atoms. The van der Waals surface area contributed by atoms with Crippen molar-refractivity contribution < 1.29 is 23.9 Å². The quantitative estimate of drug-likeness (QED) is 0.453. The number of rotatable bonds is 9. The number of methoxy groups -OCH3 is 2. The molecule has 1 saturated heterocycles. The van der Waals surface area contributed by atoms with Crippen LogP contribution in [0.15, 0.2) is 78.9 Å². The van der Waals surface area contributed by atoms with Crippen LogP contribution in [-0.2, 0) is 15.1 Å². The van der Waals surface area contributed by atoms with Gasteiger partial charge in [-0.1, -0.05) is 42.5 Å². The molecular formula is C28H26N4O5. The highest BCUT2D eigenvalue weighted by Gasteiger charge is 2.54. The number of carbonyl (C=O) groups is 3. The monoisotopic (exact) mass is 498 g/mol. The maximum Gasteiger partial charge on any atom is 0.326 e. The zero-order chi connectivity index (χ0) is 26.4. The van der Waals surface area contributed by atoms with Crippen LogP contribution >= 0.6 is 0 Å². The molecule has 1 aliphatic rings. The van der Waals surface area contributed by atoms with Crippen LogP contribution in [0.5, 0.6) is 11.5 Å². The van der Waals surface area contributed by atoms with Crippen molar-refractivity contribution in [2.45, 2.75) is 12.0 Å². The Balaban J connectivity index is 1.71. The Bertz CT molecular complexity index is 1270. The molecule has 1 aliphatic heterocycles. The summed E-state index contributed by atoms with van der Waals surface area (Å²) in [6, 6.07) is 23.8. The highest BCUT2D eigenvalue weighted by Crippen LogP contribution is 2.37. The first-order valence-corrected chi connectivity index (χ1v) is 11.6. The smallest absolute Gasteiger partial charge is 0.326 e. The molecule has 0 aliphatic carbocycles. The van der Waals surface area contributed by atoms with Crippen LogP contribution in [0.4, 0.5) is 10.5 Å². The number of nitriles is 1. The zero-order valence-corrected chi connectivity index (χ0v) is 20.5. The molecular weight excluding hydrogens is 472 g/mol. The fraction of sp³-hybridized carbons (Fsp3) is 0.214. The first-order valence-electron chi connectivity index (χ1n) is 11.6. The maximum atomic E-state index is 14.0. The van der Waals surface area contributed by atoms with Gasteiger partial charge in [0.1, 0.15) is 18.0 Å². The largest absolute Gasteiger partial charge is 0.497 e. The van der Waals surface area contributed by atoms with Gasteiger partial charge in [-0.3, -0.25) is 14.5 Å². The van der Waals surface area contributed by atoms with Crippen molar-refractivity contribution in [3.63, 3.8) is 0 Å². The molecule has 4 amide bonds. The molecule has 0 unspecified atom stereocenters. The highest BCUT2D eigenvalue weighted by molar-refractivity contribution is 6.12. The fourth-order valence-electron chi connectivity index (χ4n) is 4.35. The Morgan fingerprint density at radius 1 is 0.919 bits per heavy atom. The second-order valence-corrected chi connectivity index (χ2v) is 8.32. The van der Waals surface area contributed by atoms with Gasteiger partial charge in [0, 0.05) is 12.2 Å². The number of benzene rings is 3. The molecule has 3 aromatic carbocycles. The van der Waals surface area contributed by atoms with Crippen LogP contribution in [0.2, 0.25) is 0 Å². The van der Waals surface area contributed by atoms with Crippen LogP contribution < -0.4 is 19.7 Å². The Kier molecular flexibility index (Phi) is 7.39. The number of hydrogen-bond donors (Lipinski definition) is 1. The van der Waals surface area contributed by atoms with Crippen LogP contribution in [0.1, 0.15) is 17.5 Å². The second-order valence-electron chi connectivity index (χ2n) is 8.32. The average molecular weight is 499 g/mol. The van der Waals surface area contributed by atoms with E-state index in [4.69, 9.17) is 14.7 Å². The first kappa shape index (κ1) is 25.3. The summed E-state index contributed by atoms with van der Waals surface area (Å²) in [6.07, 6.45) is 0.0996. The normalized spacial score (nSPS) is 14.0. The van der Waals surface area contributed by atoms with E-state index in [1.165, 1.54) is 19.1 Å². The van der Waals surface area contributed by atoms with Crippen molar-refractivity contribution in [1.82, 2.24) is 10.2 Å². The predicted octanol–water partition coefficient (Wildman–Crippen LogP) is 3.45. The van der Waals surface area contributed by atoms with Gasteiger partial charge in [0.25, 0.3) is 5.91 Å². The summed E-state index contributed by atoms with van der Waals surface area (Å²) in [6.45, 7) is -0.357. The SMILES string of the molecule is COc1ccc(C2(c3ccc(OC)cc3)NC(=O)N(CC(=O)N(CCC#N)c3ccccc3)C2=O)cc1. The predicted molar refractivity (Wildman–Crippen MR) is 136 cm³/mol. The van der Waals surface area contributed by atoms with E-state index >= 15 is 0 Å². The molecule has 0 aromatic heterocycles. The number of nitrogens with zero attached hydrogens (tertiary/aromatic N) is 3. The number of imide groups is 1. The summed E-state index contributed by atoms with van der Waals surface area (Å²) in [5.41, 5.74) is 0.0406. The molecule has 188 valence electrons. The van der Waals surface area contributed by atoms with Crippen molar-refractivity contribution in [2.75, 3.05) is 32.2 Å². The molecule has 3 aromatic rings. The number of para-hydroxylation sites is 1. The van der Waals surface area contributed by atoms with Gasteiger partial charge in [-0.15, -0.1) is 0 Å². The van der Waals surface area contributed by atoms with E-state index in [0.29, 0.717) is 28.3 Å². The van der Waals surface area contributed by atoms with Crippen molar-refractivity contribution in [1.29, 1.82) is 5.26 Å². The van der Waals surface area contributed by atoms with E-state index in [-0.39, 0.29) is 13.0 Å². The van der Waals surface area contributed by atoms with Crippen molar-refractivity contribution in [3.05, 3.63) is 90.0 Å². The molecule has 4 rings (SSSR count). The second kappa shape index (κ2) is 10.8. The number of urea groups is 1. The van der Waals surface area contributed by atoms with Crippen LogP contribution in [0.3, 0.4) is 0 Å². The van der Waals surface area contributed by atoms with Gasteiger partial charge in [0.05, 0.1) is 26.7 Å². The van der Waals surface area contributed by atoms with Gasteiger partial charge in [-0.2, -0.15) is 5.26 Å². The molecule has 0 atom stereocenters. The van der Waals surface area contributed by atoms with E-state index in [1.54, 1.807) is 72.8 Å². The third kappa shape index (κ3) is 4.82. The van der Waals surface area contributed by atoms with Crippen molar-refractivity contribution >= 4 is 23.5 Å². The van der Waals surface area contributed by atoms with E-state index in [2.05, 4.69) is 5.32 Å². The standard InChI is InChI=1S/C28H26N4O5/c1-36-23-13-9-20(10-14-23)28(21-11-15-24(37-2)16-12-21)26(34)32(27(35)30-28)19-25(33)31(18-6-17-29)22-7-4-3-5-8-22/h3-5,7-16H,6,18-19H2,1-2H3,(H,30,35). The Labute approximate surface area is 214 Å². The summed E-state index contributed by atoms with van der Waals surface area (Å²) in [5.74, 6) is 0.113. The Hall–Kier alpha value is -4.84. The summed E-state index contributed by atoms with van der Waals surface area (Å²) in [7, 11) is 3.07. The molecule has 1 N–H and O–H groups in total. The van der Waals surface area contributed by atoms with Gasteiger partial charge in [-0.05, 0) is 47.5 Å². The molecule has 9 heteroatoms. The minimum Gasteiger partial charge on any atom is -0.497 e.